The molecule has 0 N–H and O–H groups in total. The van der Waals surface area contributed by atoms with E-state index in [1.807, 2.05) is 29.6 Å². The van der Waals surface area contributed by atoms with Crippen molar-refractivity contribution >= 4 is 23.6 Å². The predicted octanol–water partition coefficient (Wildman–Crippen LogP) is 3.68. The molecular formula is C12H13O3PS. The van der Waals surface area contributed by atoms with Crippen molar-refractivity contribution in [2.75, 3.05) is 6.61 Å². The maximum atomic E-state index is 12.6. The van der Waals surface area contributed by atoms with Crippen molar-refractivity contribution < 1.29 is 13.6 Å². The molecule has 0 spiro atoms. The summed E-state index contributed by atoms with van der Waals surface area (Å²) in [6.07, 6.45) is 0. The largest absolute Gasteiger partial charge is 0.421 e. The third-order valence-corrected chi connectivity index (χ3v) is 5.44. The Morgan fingerprint density at radius 2 is 1.94 bits per heavy atom. The van der Waals surface area contributed by atoms with Gasteiger partial charge in [-0.15, -0.1) is 11.3 Å². The number of rotatable bonds is 5. The van der Waals surface area contributed by atoms with Crippen molar-refractivity contribution in [3.63, 3.8) is 0 Å². The minimum atomic E-state index is -3.23. The van der Waals surface area contributed by atoms with Gasteiger partial charge in [0.05, 0.1) is 6.61 Å². The maximum absolute atomic E-state index is 12.6. The van der Waals surface area contributed by atoms with Crippen molar-refractivity contribution in [2.24, 2.45) is 0 Å². The summed E-state index contributed by atoms with van der Waals surface area (Å²) in [6.45, 7) is 2.15. The van der Waals surface area contributed by atoms with Crippen LogP contribution in [0.1, 0.15) is 6.92 Å². The van der Waals surface area contributed by atoms with E-state index >= 15 is 0 Å². The summed E-state index contributed by atoms with van der Waals surface area (Å²) in [5.74, 6) is 0.553. The van der Waals surface area contributed by atoms with Gasteiger partial charge < -0.3 is 4.52 Å². The first-order chi connectivity index (χ1) is 8.24. The van der Waals surface area contributed by atoms with E-state index < -0.39 is 7.60 Å². The van der Waals surface area contributed by atoms with E-state index in [4.69, 9.17) is 9.05 Å². The number of benzene rings is 1. The molecule has 2 aromatic rings. The van der Waals surface area contributed by atoms with Gasteiger partial charge in [-0.25, -0.2) is 4.57 Å². The molecule has 0 amide bonds. The summed E-state index contributed by atoms with van der Waals surface area (Å²) < 4.78 is 24.1. The lowest BCUT2D eigenvalue weighted by atomic mass is 10.3. The second-order valence-corrected chi connectivity index (χ2v) is 6.44. The molecule has 90 valence electrons. The van der Waals surface area contributed by atoms with Crippen LogP contribution >= 0.6 is 18.9 Å². The van der Waals surface area contributed by atoms with Gasteiger partial charge in [-0.1, -0.05) is 24.3 Å². The SMILES string of the molecule is CCOP(=O)(Oc1ccccc1)c1cccs1. The van der Waals surface area contributed by atoms with E-state index in [1.165, 1.54) is 11.3 Å². The highest BCUT2D eigenvalue weighted by Gasteiger charge is 2.29. The average molecular weight is 268 g/mol. The Bertz CT molecular complexity index is 496. The molecule has 1 aromatic heterocycles. The lowest BCUT2D eigenvalue weighted by Gasteiger charge is -2.17. The van der Waals surface area contributed by atoms with Gasteiger partial charge in [0.15, 0.2) is 0 Å². The van der Waals surface area contributed by atoms with Gasteiger partial charge in [-0.05, 0) is 30.5 Å². The fraction of sp³-hybridized carbons (Fsp3) is 0.167. The van der Waals surface area contributed by atoms with Crippen molar-refractivity contribution in [1.29, 1.82) is 0 Å². The topological polar surface area (TPSA) is 35.5 Å². The summed E-state index contributed by atoms with van der Waals surface area (Å²) in [6, 6.07) is 12.7. The minimum absolute atomic E-state index is 0.349. The van der Waals surface area contributed by atoms with Crippen LogP contribution in [-0.4, -0.2) is 6.61 Å². The zero-order valence-corrected chi connectivity index (χ0v) is 11.1. The third kappa shape index (κ3) is 2.97. The molecule has 1 atom stereocenters. The molecule has 0 bridgehead atoms. The number of hydrogen-bond donors (Lipinski definition) is 0. The Hall–Kier alpha value is -1.09. The molecule has 1 aromatic carbocycles. The van der Waals surface area contributed by atoms with Crippen LogP contribution in [0.4, 0.5) is 0 Å². The molecule has 0 saturated heterocycles. The van der Waals surface area contributed by atoms with Crippen molar-refractivity contribution in [1.82, 2.24) is 0 Å². The van der Waals surface area contributed by atoms with E-state index in [9.17, 15) is 4.57 Å². The normalized spacial score (nSPS) is 14.2. The monoisotopic (exact) mass is 268 g/mol. The van der Waals surface area contributed by atoms with Gasteiger partial charge in [-0.2, -0.15) is 0 Å². The molecule has 3 nitrogen and oxygen atoms in total. The second-order valence-electron chi connectivity index (χ2n) is 3.27. The van der Waals surface area contributed by atoms with E-state index in [0.29, 0.717) is 17.0 Å². The highest BCUT2D eigenvalue weighted by Crippen LogP contribution is 2.48. The molecule has 0 radical (unpaired) electrons. The summed E-state index contributed by atoms with van der Waals surface area (Å²) >= 11 is 1.38. The van der Waals surface area contributed by atoms with Gasteiger partial charge in [0.2, 0.25) is 0 Å². The van der Waals surface area contributed by atoms with Crippen LogP contribution in [0.2, 0.25) is 0 Å². The smallest absolute Gasteiger partial charge is 0.420 e. The van der Waals surface area contributed by atoms with Crippen LogP contribution in [0.25, 0.3) is 0 Å². The highest BCUT2D eigenvalue weighted by atomic mass is 32.1. The van der Waals surface area contributed by atoms with Crippen molar-refractivity contribution in [3.8, 4) is 5.75 Å². The molecule has 0 fully saturated rings. The maximum Gasteiger partial charge on any atom is 0.420 e. The molecule has 1 heterocycles. The second kappa shape index (κ2) is 5.50. The number of para-hydroxylation sites is 1. The third-order valence-electron chi connectivity index (χ3n) is 2.04. The first kappa shape index (κ1) is 12.4. The Balaban J connectivity index is 2.27. The fourth-order valence-electron chi connectivity index (χ4n) is 1.35. The molecule has 0 saturated carbocycles. The Kier molecular flexibility index (Phi) is 4.00. The molecular weight excluding hydrogens is 255 g/mol. The Labute approximate surface area is 105 Å². The Morgan fingerprint density at radius 1 is 1.18 bits per heavy atom. The quantitative estimate of drug-likeness (QED) is 0.776. The average Bonchev–Trinajstić information content (AvgIpc) is 2.84. The molecule has 2 rings (SSSR count). The molecule has 0 aliphatic carbocycles. The van der Waals surface area contributed by atoms with Gasteiger partial charge in [0.1, 0.15) is 10.4 Å². The summed E-state index contributed by atoms with van der Waals surface area (Å²) in [4.78, 5) is 0. The van der Waals surface area contributed by atoms with E-state index in [2.05, 4.69) is 0 Å². The summed E-state index contributed by atoms with van der Waals surface area (Å²) in [5.41, 5.74) is 0. The van der Waals surface area contributed by atoms with Crippen LogP contribution < -0.4 is 9.14 Å². The van der Waals surface area contributed by atoms with E-state index in [1.54, 1.807) is 25.1 Å². The van der Waals surface area contributed by atoms with Gasteiger partial charge >= 0.3 is 7.60 Å². The van der Waals surface area contributed by atoms with Crippen molar-refractivity contribution in [2.45, 2.75) is 6.92 Å². The molecule has 17 heavy (non-hydrogen) atoms. The molecule has 0 aliphatic rings. The van der Waals surface area contributed by atoms with Gasteiger partial charge in [0.25, 0.3) is 0 Å². The molecule has 0 aliphatic heterocycles. The van der Waals surface area contributed by atoms with Gasteiger partial charge in [0, 0.05) is 0 Å². The van der Waals surface area contributed by atoms with Crippen LogP contribution in [-0.2, 0) is 9.09 Å². The van der Waals surface area contributed by atoms with Crippen LogP contribution in [0.5, 0.6) is 5.75 Å². The first-order valence-electron chi connectivity index (χ1n) is 5.28. The zero-order valence-electron chi connectivity index (χ0n) is 9.41. The fourth-order valence-corrected chi connectivity index (χ4v) is 4.05. The molecule has 1 unspecified atom stereocenters. The molecule has 5 heteroatoms. The Morgan fingerprint density at radius 3 is 2.53 bits per heavy atom. The first-order valence-corrected chi connectivity index (χ1v) is 7.70. The van der Waals surface area contributed by atoms with E-state index in [-0.39, 0.29) is 0 Å². The predicted molar refractivity (Wildman–Crippen MR) is 70.3 cm³/mol. The standard InChI is InChI=1S/C12H13O3PS/c1-2-14-16(13,12-9-6-10-17-12)15-11-7-4-3-5-8-11/h3-10H,2H2,1H3. The lowest BCUT2D eigenvalue weighted by molar-refractivity contribution is 0.290. The van der Waals surface area contributed by atoms with Crippen LogP contribution in [0, 0.1) is 0 Å². The zero-order chi connectivity index (χ0) is 12.1. The minimum Gasteiger partial charge on any atom is -0.421 e. The lowest BCUT2D eigenvalue weighted by Crippen LogP contribution is -2.08. The van der Waals surface area contributed by atoms with Crippen LogP contribution in [0.15, 0.2) is 47.8 Å². The van der Waals surface area contributed by atoms with E-state index in [0.717, 1.165) is 0 Å². The summed E-state index contributed by atoms with van der Waals surface area (Å²) in [7, 11) is -3.23. The number of hydrogen-bond acceptors (Lipinski definition) is 4. The number of thiophene rings is 1. The summed E-state index contributed by atoms with van der Waals surface area (Å²) in [5, 5.41) is 1.86. The highest BCUT2D eigenvalue weighted by molar-refractivity contribution is 7.69. The van der Waals surface area contributed by atoms with Gasteiger partial charge in [-0.3, -0.25) is 4.52 Å². The van der Waals surface area contributed by atoms with Crippen LogP contribution in [0.3, 0.4) is 0 Å². The van der Waals surface area contributed by atoms with Crippen molar-refractivity contribution in [3.05, 3.63) is 47.8 Å².